The molecule has 0 bridgehead atoms. The van der Waals surface area contributed by atoms with Gasteiger partial charge in [0.2, 0.25) is 11.8 Å². The van der Waals surface area contributed by atoms with Gasteiger partial charge in [-0.15, -0.1) is 0 Å². The highest BCUT2D eigenvalue weighted by atomic mass is 16.5. The van der Waals surface area contributed by atoms with Crippen molar-refractivity contribution in [1.82, 2.24) is 5.32 Å². The zero-order valence-electron chi connectivity index (χ0n) is 9.90. The van der Waals surface area contributed by atoms with Crippen LogP contribution in [0.4, 0.5) is 0 Å². The van der Waals surface area contributed by atoms with Gasteiger partial charge in [-0.25, -0.2) is 0 Å². The summed E-state index contributed by atoms with van der Waals surface area (Å²) in [7, 11) is 0. The topological polar surface area (TPSA) is 55.4 Å². The van der Waals surface area contributed by atoms with E-state index in [0.717, 1.165) is 11.3 Å². The van der Waals surface area contributed by atoms with Gasteiger partial charge in [-0.3, -0.25) is 14.9 Å². The van der Waals surface area contributed by atoms with Gasteiger partial charge in [-0.2, -0.15) is 0 Å². The Morgan fingerprint density at radius 3 is 2.71 bits per heavy atom. The first-order chi connectivity index (χ1) is 8.06. The monoisotopic (exact) mass is 233 g/mol. The third kappa shape index (κ3) is 2.64. The first-order valence-corrected chi connectivity index (χ1v) is 5.66. The van der Waals surface area contributed by atoms with Crippen molar-refractivity contribution in [2.75, 3.05) is 0 Å². The lowest BCUT2D eigenvalue weighted by molar-refractivity contribution is -0.125. The fourth-order valence-electron chi connectivity index (χ4n) is 1.90. The summed E-state index contributed by atoms with van der Waals surface area (Å²) in [5.74, 6) is -0.0882. The molecule has 1 heterocycles. The van der Waals surface area contributed by atoms with E-state index in [9.17, 15) is 9.59 Å². The van der Waals surface area contributed by atoms with Crippen LogP contribution < -0.4 is 10.1 Å². The predicted octanol–water partition coefficient (Wildman–Crippen LogP) is 1.60. The van der Waals surface area contributed by atoms with Crippen molar-refractivity contribution in [3.63, 3.8) is 0 Å². The normalized spacial score (nSPS) is 19.6. The van der Waals surface area contributed by atoms with Gasteiger partial charge >= 0.3 is 0 Å². The molecular formula is C13H15NO3. The molecule has 1 atom stereocenters. The number of hydrogen-bond acceptors (Lipinski definition) is 3. The second kappa shape index (κ2) is 4.57. The van der Waals surface area contributed by atoms with Crippen molar-refractivity contribution < 1.29 is 14.3 Å². The summed E-state index contributed by atoms with van der Waals surface area (Å²) < 4.78 is 5.56. The van der Waals surface area contributed by atoms with Crippen LogP contribution in [-0.2, 0) is 9.59 Å². The van der Waals surface area contributed by atoms with Crippen molar-refractivity contribution in [2.24, 2.45) is 0 Å². The first-order valence-electron chi connectivity index (χ1n) is 5.66. The third-order valence-electron chi connectivity index (χ3n) is 2.60. The molecule has 2 amide bonds. The van der Waals surface area contributed by atoms with Crippen LogP contribution in [0.3, 0.4) is 0 Å². The number of amides is 2. The summed E-state index contributed by atoms with van der Waals surface area (Å²) in [6.45, 7) is 3.89. The summed E-state index contributed by atoms with van der Waals surface area (Å²) in [5.41, 5.74) is 0.825. The van der Waals surface area contributed by atoms with Gasteiger partial charge in [0.05, 0.1) is 12.0 Å². The Kier molecular flexibility index (Phi) is 3.13. The van der Waals surface area contributed by atoms with Crippen LogP contribution in [-0.4, -0.2) is 17.9 Å². The second-order valence-corrected chi connectivity index (χ2v) is 4.41. The molecule has 1 saturated heterocycles. The predicted molar refractivity (Wildman–Crippen MR) is 62.7 cm³/mol. The number of nitrogens with one attached hydrogen (secondary N) is 1. The number of carbonyl (C=O) groups is 2. The molecule has 4 nitrogen and oxygen atoms in total. The highest BCUT2D eigenvalue weighted by Crippen LogP contribution is 2.27. The summed E-state index contributed by atoms with van der Waals surface area (Å²) in [6, 6.07) is 7.35. The fourth-order valence-corrected chi connectivity index (χ4v) is 1.90. The maximum absolute atomic E-state index is 11.5. The number of hydrogen-bond donors (Lipinski definition) is 1. The lowest BCUT2D eigenvalue weighted by atomic mass is 9.97. The molecule has 1 N–H and O–H groups in total. The Bertz CT molecular complexity index is 454. The van der Waals surface area contributed by atoms with Gasteiger partial charge in [0.25, 0.3) is 0 Å². The Morgan fingerprint density at radius 1 is 1.35 bits per heavy atom. The zero-order chi connectivity index (χ0) is 12.4. The number of rotatable bonds is 3. The summed E-state index contributed by atoms with van der Waals surface area (Å²) >= 11 is 0. The van der Waals surface area contributed by atoms with Crippen LogP contribution in [0, 0.1) is 0 Å². The standard InChI is InChI=1S/C13H15NO3/c1-8(2)17-10-5-3-4-9(6-10)11-7-12(15)14-13(11)16/h3-6,8,11H,7H2,1-2H3,(H,14,15,16). The van der Waals surface area contributed by atoms with Crippen LogP contribution in [0.25, 0.3) is 0 Å². The Morgan fingerprint density at radius 2 is 2.12 bits per heavy atom. The highest BCUT2D eigenvalue weighted by Gasteiger charge is 2.31. The van der Waals surface area contributed by atoms with Crippen LogP contribution in [0.5, 0.6) is 5.75 Å². The van der Waals surface area contributed by atoms with Crippen molar-refractivity contribution in [3.05, 3.63) is 29.8 Å². The molecule has 0 spiro atoms. The van der Waals surface area contributed by atoms with E-state index in [0.29, 0.717) is 0 Å². The van der Waals surface area contributed by atoms with E-state index in [4.69, 9.17) is 4.74 Å². The van der Waals surface area contributed by atoms with E-state index in [1.165, 1.54) is 0 Å². The lowest BCUT2D eigenvalue weighted by Gasteiger charge is -2.12. The van der Waals surface area contributed by atoms with E-state index >= 15 is 0 Å². The quantitative estimate of drug-likeness (QED) is 0.807. The fraction of sp³-hybridized carbons (Fsp3) is 0.385. The van der Waals surface area contributed by atoms with E-state index < -0.39 is 0 Å². The molecule has 1 unspecified atom stereocenters. The number of imide groups is 1. The third-order valence-corrected chi connectivity index (χ3v) is 2.60. The van der Waals surface area contributed by atoms with Gasteiger partial charge in [-0.05, 0) is 31.5 Å². The maximum Gasteiger partial charge on any atom is 0.234 e. The van der Waals surface area contributed by atoms with Gasteiger partial charge in [0, 0.05) is 6.42 Å². The Hall–Kier alpha value is -1.84. The SMILES string of the molecule is CC(C)Oc1cccc(C2CC(=O)NC2=O)c1. The first kappa shape index (κ1) is 11.6. The minimum Gasteiger partial charge on any atom is -0.491 e. The molecule has 1 aliphatic rings. The Balaban J connectivity index is 2.21. The summed E-state index contributed by atoms with van der Waals surface area (Å²) in [5, 5.41) is 2.31. The molecule has 4 heteroatoms. The lowest BCUT2D eigenvalue weighted by Crippen LogP contribution is -2.21. The average molecular weight is 233 g/mol. The minimum absolute atomic E-state index is 0.0873. The molecule has 0 radical (unpaired) electrons. The molecule has 1 aliphatic heterocycles. The van der Waals surface area contributed by atoms with Gasteiger partial charge in [0.15, 0.2) is 0 Å². The minimum atomic E-state index is -0.377. The van der Waals surface area contributed by atoms with Crippen molar-refractivity contribution in [2.45, 2.75) is 32.3 Å². The molecule has 17 heavy (non-hydrogen) atoms. The van der Waals surface area contributed by atoms with Crippen LogP contribution in [0.1, 0.15) is 31.7 Å². The van der Waals surface area contributed by atoms with E-state index in [2.05, 4.69) is 5.32 Å². The van der Waals surface area contributed by atoms with Crippen molar-refractivity contribution in [1.29, 1.82) is 0 Å². The second-order valence-electron chi connectivity index (χ2n) is 4.41. The van der Waals surface area contributed by atoms with Crippen LogP contribution >= 0.6 is 0 Å². The van der Waals surface area contributed by atoms with Gasteiger partial charge in [-0.1, -0.05) is 12.1 Å². The number of benzene rings is 1. The smallest absolute Gasteiger partial charge is 0.234 e. The van der Waals surface area contributed by atoms with Crippen molar-refractivity contribution >= 4 is 11.8 Å². The summed E-state index contributed by atoms with van der Waals surface area (Å²) in [6.07, 6.45) is 0.313. The van der Waals surface area contributed by atoms with E-state index in [-0.39, 0.29) is 30.3 Å². The molecule has 1 aromatic rings. The molecule has 90 valence electrons. The summed E-state index contributed by atoms with van der Waals surface area (Å²) in [4.78, 5) is 22.7. The highest BCUT2D eigenvalue weighted by molar-refractivity contribution is 6.06. The van der Waals surface area contributed by atoms with Crippen molar-refractivity contribution in [3.8, 4) is 5.75 Å². The molecular weight excluding hydrogens is 218 g/mol. The van der Waals surface area contributed by atoms with Gasteiger partial charge < -0.3 is 4.74 Å². The van der Waals surface area contributed by atoms with Crippen LogP contribution in [0.15, 0.2) is 24.3 Å². The molecule has 0 aromatic heterocycles. The van der Waals surface area contributed by atoms with Gasteiger partial charge in [0.1, 0.15) is 5.75 Å². The molecule has 2 rings (SSSR count). The maximum atomic E-state index is 11.5. The Labute approximate surface area is 100.0 Å². The number of carbonyl (C=O) groups excluding carboxylic acids is 2. The molecule has 1 fully saturated rings. The molecule has 1 aromatic carbocycles. The van der Waals surface area contributed by atoms with E-state index in [1.807, 2.05) is 38.1 Å². The van der Waals surface area contributed by atoms with E-state index in [1.54, 1.807) is 0 Å². The average Bonchev–Trinajstić information content (AvgIpc) is 2.57. The molecule has 0 aliphatic carbocycles. The molecule has 0 saturated carbocycles. The van der Waals surface area contributed by atoms with Crippen LogP contribution in [0.2, 0.25) is 0 Å². The largest absolute Gasteiger partial charge is 0.491 e. The zero-order valence-corrected chi connectivity index (χ0v) is 9.90. The number of ether oxygens (including phenoxy) is 1.